The van der Waals surface area contributed by atoms with Crippen molar-refractivity contribution in [3.05, 3.63) is 29.3 Å². The van der Waals surface area contributed by atoms with Crippen LogP contribution < -0.4 is 5.73 Å². The van der Waals surface area contributed by atoms with Crippen LogP contribution in [0, 0.1) is 6.92 Å². The lowest BCUT2D eigenvalue weighted by Crippen LogP contribution is -2.17. The largest absolute Gasteiger partial charge is 0.411 e. The van der Waals surface area contributed by atoms with Crippen molar-refractivity contribution in [2.75, 3.05) is 12.3 Å². The normalized spacial score (nSPS) is 11.7. The molecule has 0 heterocycles. The third kappa shape index (κ3) is 3.79. The lowest BCUT2D eigenvalue weighted by molar-refractivity contribution is -0.176. The molecule has 1 rings (SSSR count). The maximum atomic E-state index is 11.8. The number of aryl methyl sites for hydroxylation is 1. The van der Waals surface area contributed by atoms with Crippen LogP contribution in [0.15, 0.2) is 18.2 Å². The third-order valence-corrected chi connectivity index (χ3v) is 1.96. The molecule has 15 heavy (non-hydrogen) atoms. The monoisotopic (exact) mass is 219 g/mol. The molecule has 0 spiro atoms. The van der Waals surface area contributed by atoms with Gasteiger partial charge in [0, 0.05) is 11.3 Å². The molecule has 0 aliphatic carbocycles. The number of alkyl halides is 3. The number of hydrogen-bond acceptors (Lipinski definition) is 2. The summed E-state index contributed by atoms with van der Waals surface area (Å²) >= 11 is 0. The van der Waals surface area contributed by atoms with E-state index >= 15 is 0 Å². The zero-order valence-electron chi connectivity index (χ0n) is 8.27. The van der Waals surface area contributed by atoms with Gasteiger partial charge in [-0.05, 0) is 18.6 Å². The molecule has 1 aromatic rings. The Kier molecular flexibility index (Phi) is 3.57. The van der Waals surface area contributed by atoms with E-state index in [1.165, 1.54) is 0 Å². The van der Waals surface area contributed by atoms with Crippen molar-refractivity contribution in [1.82, 2.24) is 0 Å². The fraction of sp³-hybridized carbons (Fsp3) is 0.400. The van der Waals surface area contributed by atoms with Gasteiger partial charge in [0.25, 0.3) is 0 Å². The van der Waals surface area contributed by atoms with Gasteiger partial charge in [-0.3, -0.25) is 0 Å². The maximum Gasteiger partial charge on any atom is 0.411 e. The molecule has 0 radical (unpaired) electrons. The van der Waals surface area contributed by atoms with Gasteiger partial charge in [-0.2, -0.15) is 13.2 Å². The molecule has 0 unspecified atom stereocenters. The average Bonchev–Trinajstić information content (AvgIpc) is 2.08. The topological polar surface area (TPSA) is 35.2 Å². The van der Waals surface area contributed by atoms with Gasteiger partial charge in [-0.25, -0.2) is 0 Å². The number of benzene rings is 1. The number of nitrogens with two attached hydrogens (primary N) is 1. The highest BCUT2D eigenvalue weighted by molar-refractivity contribution is 5.50. The number of rotatable bonds is 3. The van der Waals surface area contributed by atoms with Crippen LogP contribution in [0.1, 0.15) is 11.1 Å². The van der Waals surface area contributed by atoms with Crippen LogP contribution in [0.25, 0.3) is 0 Å². The fourth-order valence-electron chi connectivity index (χ4n) is 1.19. The smallest absolute Gasteiger partial charge is 0.398 e. The Hall–Kier alpha value is -1.23. The van der Waals surface area contributed by atoms with Crippen molar-refractivity contribution < 1.29 is 17.9 Å². The summed E-state index contributed by atoms with van der Waals surface area (Å²) < 4.78 is 40.0. The fourth-order valence-corrected chi connectivity index (χ4v) is 1.19. The number of halogens is 3. The molecular formula is C10H12F3NO. The minimum atomic E-state index is -4.29. The zero-order valence-corrected chi connectivity index (χ0v) is 8.27. The minimum Gasteiger partial charge on any atom is -0.398 e. The highest BCUT2D eigenvalue weighted by atomic mass is 19.4. The molecule has 84 valence electrons. The summed E-state index contributed by atoms with van der Waals surface area (Å²) in [6.07, 6.45) is -4.29. The van der Waals surface area contributed by atoms with Crippen LogP contribution in [0.2, 0.25) is 0 Å². The molecule has 0 bridgehead atoms. The van der Waals surface area contributed by atoms with Crippen molar-refractivity contribution in [3.63, 3.8) is 0 Å². The Morgan fingerprint density at radius 3 is 2.53 bits per heavy atom. The molecule has 0 aliphatic heterocycles. The van der Waals surface area contributed by atoms with Crippen LogP contribution in [0.4, 0.5) is 18.9 Å². The lowest BCUT2D eigenvalue weighted by atomic mass is 10.1. The zero-order chi connectivity index (χ0) is 11.5. The molecule has 0 saturated heterocycles. The summed E-state index contributed by atoms with van der Waals surface area (Å²) in [7, 11) is 0. The van der Waals surface area contributed by atoms with E-state index < -0.39 is 12.8 Å². The van der Waals surface area contributed by atoms with Crippen molar-refractivity contribution >= 4 is 5.69 Å². The maximum absolute atomic E-state index is 11.8. The summed E-state index contributed by atoms with van der Waals surface area (Å²) in [5, 5.41) is 0. The minimum absolute atomic E-state index is 0.113. The second kappa shape index (κ2) is 4.53. The van der Waals surface area contributed by atoms with Crippen molar-refractivity contribution in [3.8, 4) is 0 Å². The van der Waals surface area contributed by atoms with Crippen LogP contribution >= 0.6 is 0 Å². The molecule has 0 atom stereocenters. The third-order valence-electron chi connectivity index (χ3n) is 1.96. The summed E-state index contributed by atoms with van der Waals surface area (Å²) in [5.41, 5.74) is 7.51. The summed E-state index contributed by atoms with van der Waals surface area (Å²) in [6.45, 7) is 0.418. The second-order valence-corrected chi connectivity index (χ2v) is 3.25. The number of hydrogen-bond donors (Lipinski definition) is 1. The Balaban J connectivity index is 2.58. The SMILES string of the molecule is Cc1cccc(N)c1COCC(F)(F)F. The standard InChI is InChI=1S/C10H12F3NO/c1-7-3-2-4-9(14)8(7)5-15-6-10(11,12)13/h2-4H,5-6,14H2,1H3. The van der Waals surface area contributed by atoms with Gasteiger partial charge in [0.2, 0.25) is 0 Å². The Labute approximate surface area is 85.8 Å². The van der Waals surface area contributed by atoms with Gasteiger partial charge in [-0.15, -0.1) is 0 Å². The van der Waals surface area contributed by atoms with Crippen molar-refractivity contribution in [2.24, 2.45) is 0 Å². The van der Waals surface area contributed by atoms with Gasteiger partial charge in [-0.1, -0.05) is 12.1 Å². The second-order valence-electron chi connectivity index (χ2n) is 3.25. The van der Waals surface area contributed by atoms with E-state index in [9.17, 15) is 13.2 Å². The van der Waals surface area contributed by atoms with Crippen molar-refractivity contribution in [1.29, 1.82) is 0 Å². The van der Waals surface area contributed by atoms with Gasteiger partial charge < -0.3 is 10.5 Å². The van der Waals surface area contributed by atoms with Gasteiger partial charge in [0.05, 0.1) is 6.61 Å². The van der Waals surface area contributed by atoms with E-state index in [2.05, 4.69) is 4.74 Å². The van der Waals surface area contributed by atoms with E-state index in [0.29, 0.717) is 11.3 Å². The van der Waals surface area contributed by atoms with Crippen LogP contribution in [-0.4, -0.2) is 12.8 Å². The molecule has 0 fully saturated rings. The molecule has 0 saturated carbocycles. The van der Waals surface area contributed by atoms with Crippen molar-refractivity contribution in [2.45, 2.75) is 19.7 Å². The number of nitrogen functional groups attached to an aromatic ring is 1. The van der Waals surface area contributed by atoms with Crippen LogP contribution in [-0.2, 0) is 11.3 Å². The molecular weight excluding hydrogens is 207 g/mol. The predicted octanol–water partition coefficient (Wildman–Crippen LogP) is 2.66. The first kappa shape index (κ1) is 11.8. The molecule has 5 heteroatoms. The predicted molar refractivity (Wildman–Crippen MR) is 51.3 cm³/mol. The van der Waals surface area contributed by atoms with Crippen LogP contribution in [0.5, 0.6) is 0 Å². The summed E-state index contributed by atoms with van der Waals surface area (Å²) in [5.74, 6) is 0. The first-order valence-electron chi connectivity index (χ1n) is 4.38. The van der Waals surface area contributed by atoms with Gasteiger partial charge in [0.1, 0.15) is 6.61 Å². The Morgan fingerprint density at radius 2 is 2.00 bits per heavy atom. The van der Waals surface area contributed by atoms with E-state index in [4.69, 9.17) is 5.73 Å². The molecule has 1 aromatic carbocycles. The number of anilines is 1. The van der Waals surface area contributed by atoms with E-state index in [1.807, 2.05) is 0 Å². The number of ether oxygens (including phenoxy) is 1. The highest BCUT2D eigenvalue weighted by Crippen LogP contribution is 2.20. The first-order valence-corrected chi connectivity index (χ1v) is 4.38. The lowest BCUT2D eigenvalue weighted by Gasteiger charge is -2.11. The average molecular weight is 219 g/mol. The molecule has 0 aromatic heterocycles. The van der Waals surface area contributed by atoms with E-state index in [0.717, 1.165) is 5.56 Å². The molecule has 0 aliphatic rings. The van der Waals surface area contributed by atoms with Gasteiger partial charge >= 0.3 is 6.18 Å². The van der Waals surface area contributed by atoms with E-state index in [-0.39, 0.29) is 6.61 Å². The molecule has 2 N–H and O–H groups in total. The molecule has 2 nitrogen and oxygen atoms in total. The highest BCUT2D eigenvalue weighted by Gasteiger charge is 2.27. The van der Waals surface area contributed by atoms with E-state index in [1.54, 1.807) is 25.1 Å². The summed E-state index contributed by atoms with van der Waals surface area (Å²) in [6, 6.07) is 5.17. The first-order chi connectivity index (χ1) is 6.90. The van der Waals surface area contributed by atoms with Gasteiger partial charge in [0.15, 0.2) is 0 Å². The van der Waals surface area contributed by atoms with Crippen LogP contribution in [0.3, 0.4) is 0 Å². The molecule has 0 amide bonds. The summed E-state index contributed by atoms with van der Waals surface area (Å²) in [4.78, 5) is 0. The Bertz CT molecular complexity index is 316. The quantitative estimate of drug-likeness (QED) is 0.793. The Morgan fingerprint density at radius 1 is 1.33 bits per heavy atom.